The quantitative estimate of drug-likeness (QED) is 0.635. The van der Waals surface area contributed by atoms with Crippen LogP contribution >= 0.6 is 0 Å². The van der Waals surface area contributed by atoms with Gasteiger partial charge in [0.25, 0.3) is 5.91 Å². The fourth-order valence-electron chi connectivity index (χ4n) is 3.63. The second-order valence-corrected chi connectivity index (χ2v) is 9.94. The standard InChI is InChI=1S/C23H25N3O4S/c1-15(2)21-14-24-23(30-21)16-6-9-19(10-7-16)25-22(27)18-8-11-20-17(13-18)5-4-12-26(20)31(3,28)29/h6-11,13-15H,4-5,12H2,1-3H3,(H,25,27). The van der Waals surface area contributed by atoms with Crippen LogP contribution in [0.15, 0.2) is 53.1 Å². The van der Waals surface area contributed by atoms with Crippen molar-refractivity contribution in [2.45, 2.75) is 32.6 Å². The number of benzene rings is 2. The van der Waals surface area contributed by atoms with E-state index in [0.29, 0.717) is 29.4 Å². The number of sulfonamides is 1. The van der Waals surface area contributed by atoms with Gasteiger partial charge in [-0.25, -0.2) is 13.4 Å². The van der Waals surface area contributed by atoms with Gasteiger partial charge in [-0.3, -0.25) is 9.10 Å². The number of anilines is 2. The maximum atomic E-state index is 12.7. The molecule has 162 valence electrons. The van der Waals surface area contributed by atoms with Crippen LogP contribution in [0.4, 0.5) is 11.4 Å². The van der Waals surface area contributed by atoms with E-state index in [4.69, 9.17) is 4.42 Å². The Kier molecular flexibility index (Phi) is 5.58. The molecule has 0 unspecified atom stereocenters. The molecule has 0 fully saturated rings. The summed E-state index contributed by atoms with van der Waals surface area (Å²) < 4.78 is 31.2. The van der Waals surface area contributed by atoms with Crippen molar-refractivity contribution >= 4 is 27.3 Å². The molecule has 2 aromatic carbocycles. The van der Waals surface area contributed by atoms with Crippen molar-refractivity contribution in [2.24, 2.45) is 0 Å². The highest BCUT2D eigenvalue weighted by molar-refractivity contribution is 7.92. The summed E-state index contributed by atoms with van der Waals surface area (Å²) in [6, 6.07) is 12.4. The lowest BCUT2D eigenvalue weighted by Gasteiger charge is -2.29. The van der Waals surface area contributed by atoms with E-state index < -0.39 is 10.0 Å². The molecule has 3 aromatic rings. The number of nitrogens with zero attached hydrogens (tertiary/aromatic N) is 2. The van der Waals surface area contributed by atoms with Gasteiger partial charge in [0.05, 0.1) is 18.1 Å². The summed E-state index contributed by atoms with van der Waals surface area (Å²) in [5.74, 6) is 1.40. The van der Waals surface area contributed by atoms with E-state index in [1.807, 2.05) is 26.0 Å². The minimum atomic E-state index is -3.33. The number of hydrogen-bond donors (Lipinski definition) is 1. The Morgan fingerprint density at radius 1 is 1.16 bits per heavy atom. The van der Waals surface area contributed by atoms with Gasteiger partial charge in [0.15, 0.2) is 0 Å². The van der Waals surface area contributed by atoms with Gasteiger partial charge in [0.2, 0.25) is 15.9 Å². The molecule has 4 rings (SSSR count). The minimum absolute atomic E-state index is 0.245. The van der Waals surface area contributed by atoms with Crippen molar-refractivity contribution < 1.29 is 17.6 Å². The first-order valence-electron chi connectivity index (χ1n) is 10.2. The van der Waals surface area contributed by atoms with Crippen molar-refractivity contribution in [1.29, 1.82) is 0 Å². The Labute approximate surface area is 182 Å². The highest BCUT2D eigenvalue weighted by atomic mass is 32.2. The van der Waals surface area contributed by atoms with Crippen LogP contribution < -0.4 is 9.62 Å². The van der Waals surface area contributed by atoms with Crippen molar-refractivity contribution in [1.82, 2.24) is 4.98 Å². The van der Waals surface area contributed by atoms with Crippen LogP contribution in [0.5, 0.6) is 0 Å². The molecule has 7 nitrogen and oxygen atoms in total. The minimum Gasteiger partial charge on any atom is -0.441 e. The highest BCUT2D eigenvalue weighted by Crippen LogP contribution is 2.30. The molecular formula is C23H25N3O4S. The van der Waals surface area contributed by atoms with Gasteiger partial charge in [-0.05, 0) is 60.9 Å². The maximum Gasteiger partial charge on any atom is 0.255 e. The van der Waals surface area contributed by atoms with Crippen LogP contribution in [0, 0.1) is 0 Å². The number of hydrogen-bond acceptors (Lipinski definition) is 5. The van der Waals surface area contributed by atoms with Gasteiger partial charge in [-0.2, -0.15) is 0 Å². The molecule has 1 amide bonds. The van der Waals surface area contributed by atoms with Gasteiger partial charge in [0.1, 0.15) is 5.76 Å². The maximum absolute atomic E-state index is 12.7. The van der Waals surface area contributed by atoms with Crippen molar-refractivity contribution in [3.63, 3.8) is 0 Å². The van der Waals surface area contributed by atoms with Crippen molar-refractivity contribution in [3.05, 3.63) is 65.5 Å². The Hall–Kier alpha value is -3.13. The zero-order chi connectivity index (χ0) is 22.2. The Bertz CT molecular complexity index is 1210. The lowest BCUT2D eigenvalue weighted by atomic mass is 10.0. The molecule has 1 aliphatic heterocycles. The van der Waals surface area contributed by atoms with Crippen LogP contribution in [0.2, 0.25) is 0 Å². The van der Waals surface area contributed by atoms with Gasteiger partial charge < -0.3 is 9.73 Å². The van der Waals surface area contributed by atoms with E-state index in [1.165, 1.54) is 10.6 Å². The Morgan fingerprint density at radius 3 is 2.55 bits per heavy atom. The predicted octanol–water partition coefficient (Wildman–Crippen LogP) is 4.43. The largest absolute Gasteiger partial charge is 0.441 e. The van der Waals surface area contributed by atoms with Gasteiger partial charge in [-0.15, -0.1) is 0 Å². The molecule has 2 heterocycles. The smallest absolute Gasteiger partial charge is 0.255 e. The molecule has 8 heteroatoms. The number of carbonyl (C=O) groups excluding carboxylic acids is 1. The number of amides is 1. The third kappa shape index (κ3) is 4.49. The molecule has 1 aliphatic rings. The van der Waals surface area contributed by atoms with E-state index in [-0.39, 0.29) is 11.8 Å². The zero-order valence-electron chi connectivity index (χ0n) is 17.8. The van der Waals surface area contributed by atoms with E-state index in [9.17, 15) is 13.2 Å². The summed E-state index contributed by atoms with van der Waals surface area (Å²) in [7, 11) is -3.33. The van der Waals surface area contributed by atoms with Crippen molar-refractivity contribution in [2.75, 3.05) is 22.4 Å². The molecule has 0 atom stereocenters. The molecule has 0 saturated heterocycles. The van der Waals surface area contributed by atoms with E-state index in [1.54, 1.807) is 36.5 Å². The van der Waals surface area contributed by atoms with Crippen LogP contribution in [0.3, 0.4) is 0 Å². The Balaban J connectivity index is 1.49. The second-order valence-electron chi connectivity index (χ2n) is 8.04. The normalized spacial score (nSPS) is 13.9. The molecule has 1 N–H and O–H groups in total. The fraction of sp³-hybridized carbons (Fsp3) is 0.304. The van der Waals surface area contributed by atoms with E-state index in [2.05, 4.69) is 10.3 Å². The summed E-state index contributed by atoms with van der Waals surface area (Å²) in [6.07, 6.45) is 4.41. The van der Waals surface area contributed by atoms with Crippen LogP contribution in [-0.4, -0.2) is 32.1 Å². The molecular weight excluding hydrogens is 414 g/mol. The zero-order valence-corrected chi connectivity index (χ0v) is 18.6. The lowest BCUT2D eigenvalue weighted by molar-refractivity contribution is 0.102. The first-order chi connectivity index (χ1) is 14.7. The summed E-state index contributed by atoms with van der Waals surface area (Å²) in [4.78, 5) is 17.0. The average Bonchev–Trinajstić information content (AvgIpc) is 3.23. The van der Waals surface area contributed by atoms with E-state index in [0.717, 1.165) is 29.7 Å². The van der Waals surface area contributed by atoms with Crippen LogP contribution in [0.1, 0.15) is 47.9 Å². The monoisotopic (exact) mass is 439 g/mol. The number of carbonyl (C=O) groups is 1. The van der Waals surface area contributed by atoms with Gasteiger partial charge in [0, 0.05) is 29.3 Å². The summed E-state index contributed by atoms with van der Waals surface area (Å²) >= 11 is 0. The average molecular weight is 440 g/mol. The van der Waals surface area contributed by atoms with Crippen molar-refractivity contribution in [3.8, 4) is 11.5 Å². The highest BCUT2D eigenvalue weighted by Gasteiger charge is 2.24. The molecule has 0 aliphatic carbocycles. The first kappa shape index (κ1) is 21.1. The topological polar surface area (TPSA) is 92.5 Å². The third-order valence-electron chi connectivity index (χ3n) is 5.30. The number of oxazole rings is 1. The molecule has 0 spiro atoms. The molecule has 0 radical (unpaired) electrons. The molecule has 0 bridgehead atoms. The molecule has 1 aromatic heterocycles. The molecule has 0 saturated carbocycles. The summed E-state index contributed by atoms with van der Waals surface area (Å²) in [5.41, 5.74) is 3.50. The number of rotatable bonds is 5. The fourth-order valence-corrected chi connectivity index (χ4v) is 4.63. The SMILES string of the molecule is CC(C)c1cnc(-c2ccc(NC(=O)c3ccc4c(c3)CCCN4S(C)(=O)=O)cc2)o1. The van der Waals surface area contributed by atoms with Crippen LogP contribution in [0.25, 0.3) is 11.5 Å². The van der Waals surface area contributed by atoms with Crippen LogP contribution in [-0.2, 0) is 16.4 Å². The Morgan fingerprint density at radius 2 is 1.90 bits per heavy atom. The summed E-state index contributed by atoms with van der Waals surface area (Å²) in [6.45, 7) is 4.55. The molecule has 31 heavy (non-hydrogen) atoms. The number of aromatic nitrogens is 1. The number of fused-ring (bicyclic) bond motifs is 1. The number of nitrogens with one attached hydrogen (secondary N) is 1. The first-order valence-corrected chi connectivity index (χ1v) is 12.1. The van der Waals surface area contributed by atoms with Gasteiger partial charge >= 0.3 is 0 Å². The summed E-state index contributed by atoms with van der Waals surface area (Å²) in [5, 5.41) is 2.89. The third-order valence-corrected chi connectivity index (χ3v) is 6.48. The second kappa shape index (κ2) is 8.19. The van der Waals surface area contributed by atoms with Gasteiger partial charge in [-0.1, -0.05) is 13.8 Å². The predicted molar refractivity (Wildman–Crippen MR) is 121 cm³/mol. The van der Waals surface area contributed by atoms with E-state index >= 15 is 0 Å². The lowest BCUT2D eigenvalue weighted by Crippen LogP contribution is -2.34. The number of aryl methyl sites for hydroxylation is 1.